The summed E-state index contributed by atoms with van der Waals surface area (Å²) in [5, 5.41) is 1.59. The minimum Gasteiger partial charge on any atom is -0.496 e. The van der Waals surface area contributed by atoms with E-state index < -0.39 is 0 Å². The molecule has 0 unspecified atom stereocenters. The average molecular weight is 397 g/mol. The summed E-state index contributed by atoms with van der Waals surface area (Å²) in [7, 11) is 1.65. The van der Waals surface area contributed by atoms with Gasteiger partial charge in [0.25, 0.3) is 0 Å². The Morgan fingerprint density at radius 1 is 1.14 bits per heavy atom. The van der Waals surface area contributed by atoms with Crippen molar-refractivity contribution in [1.29, 1.82) is 0 Å². The molecule has 5 nitrogen and oxygen atoms in total. The Morgan fingerprint density at radius 2 is 1.86 bits per heavy atom. The lowest BCUT2D eigenvalue weighted by molar-refractivity contribution is -0.214. The molecule has 0 radical (unpaired) electrons. The van der Waals surface area contributed by atoms with Crippen LogP contribution in [-0.2, 0) is 22.7 Å². The predicted octanol–water partition coefficient (Wildman–Crippen LogP) is 3.93. The normalized spacial score (nSPS) is 19.7. The SMILES string of the molecule is COc1ccccc1CON(C(C)=O)[C@H]1CCN(CCc2ccccc2)C[C@H]1C. The highest BCUT2D eigenvalue weighted by Gasteiger charge is 2.33. The van der Waals surface area contributed by atoms with Crippen LogP contribution >= 0.6 is 0 Å². The van der Waals surface area contributed by atoms with Crippen LogP contribution in [0.4, 0.5) is 0 Å². The highest BCUT2D eigenvalue weighted by atomic mass is 16.7. The third-order valence-corrected chi connectivity index (χ3v) is 5.67. The minimum absolute atomic E-state index is 0.0468. The van der Waals surface area contributed by atoms with Gasteiger partial charge in [0, 0.05) is 32.1 Å². The number of hydrogen-bond acceptors (Lipinski definition) is 4. The van der Waals surface area contributed by atoms with Crippen molar-refractivity contribution in [1.82, 2.24) is 9.96 Å². The molecule has 0 bridgehead atoms. The number of piperidine rings is 1. The maximum Gasteiger partial charge on any atom is 0.243 e. The van der Waals surface area contributed by atoms with Gasteiger partial charge in [-0.15, -0.1) is 0 Å². The van der Waals surface area contributed by atoms with E-state index in [9.17, 15) is 4.79 Å². The van der Waals surface area contributed by atoms with Crippen molar-refractivity contribution < 1.29 is 14.4 Å². The number of likely N-dealkylation sites (tertiary alicyclic amines) is 1. The molecule has 0 saturated carbocycles. The van der Waals surface area contributed by atoms with Crippen LogP contribution in [0.3, 0.4) is 0 Å². The molecule has 0 aromatic heterocycles. The fourth-order valence-electron chi connectivity index (χ4n) is 4.08. The van der Waals surface area contributed by atoms with Crippen LogP contribution in [0.1, 0.15) is 31.4 Å². The number of carbonyl (C=O) groups excluding carboxylic acids is 1. The maximum atomic E-state index is 12.3. The van der Waals surface area contributed by atoms with E-state index in [0.29, 0.717) is 12.5 Å². The average Bonchev–Trinajstić information content (AvgIpc) is 2.74. The number of carbonyl (C=O) groups is 1. The summed E-state index contributed by atoms with van der Waals surface area (Å²) >= 11 is 0. The molecule has 1 aliphatic heterocycles. The van der Waals surface area contributed by atoms with Crippen LogP contribution in [0.5, 0.6) is 5.75 Å². The van der Waals surface area contributed by atoms with Crippen molar-refractivity contribution in [2.45, 2.75) is 39.3 Å². The van der Waals surface area contributed by atoms with Crippen LogP contribution in [0, 0.1) is 5.92 Å². The van der Waals surface area contributed by atoms with E-state index in [-0.39, 0.29) is 11.9 Å². The van der Waals surface area contributed by atoms with E-state index in [0.717, 1.165) is 43.8 Å². The first-order valence-electron chi connectivity index (χ1n) is 10.4. The second-order valence-corrected chi connectivity index (χ2v) is 7.80. The van der Waals surface area contributed by atoms with Crippen LogP contribution in [0.25, 0.3) is 0 Å². The number of hydrogen-bond donors (Lipinski definition) is 0. The van der Waals surface area contributed by atoms with Gasteiger partial charge in [0.05, 0.1) is 13.2 Å². The van der Waals surface area contributed by atoms with Crippen molar-refractivity contribution in [3.05, 3.63) is 65.7 Å². The lowest BCUT2D eigenvalue weighted by Crippen LogP contribution is -2.51. The number of hydroxylamine groups is 2. The first-order chi connectivity index (χ1) is 14.1. The smallest absolute Gasteiger partial charge is 0.243 e. The van der Waals surface area contributed by atoms with E-state index in [2.05, 4.69) is 42.2 Å². The lowest BCUT2D eigenvalue weighted by atomic mass is 9.93. The number of methoxy groups -OCH3 is 1. The molecule has 0 spiro atoms. The number of rotatable bonds is 8. The maximum absolute atomic E-state index is 12.3. The van der Waals surface area contributed by atoms with Crippen molar-refractivity contribution in [3.63, 3.8) is 0 Å². The first-order valence-corrected chi connectivity index (χ1v) is 10.4. The summed E-state index contributed by atoms with van der Waals surface area (Å²) in [6, 6.07) is 18.4. The fourth-order valence-corrected chi connectivity index (χ4v) is 4.08. The number of ether oxygens (including phenoxy) is 1. The van der Waals surface area contributed by atoms with Crippen LogP contribution in [0.15, 0.2) is 54.6 Å². The van der Waals surface area contributed by atoms with E-state index in [1.165, 1.54) is 5.56 Å². The van der Waals surface area contributed by atoms with Crippen molar-refractivity contribution in [2.75, 3.05) is 26.7 Å². The van der Waals surface area contributed by atoms with E-state index in [4.69, 9.17) is 9.57 Å². The van der Waals surface area contributed by atoms with Crippen LogP contribution in [0.2, 0.25) is 0 Å². The zero-order valence-corrected chi connectivity index (χ0v) is 17.7. The van der Waals surface area contributed by atoms with Crippen LogP contribution < -0.4 is 4.74 Å². The zero-order valence-electron chi connectivity index (χ0n) is 17.7. The summed E-state index contributed by atoms with van der Waals surface area (Å²) in [6.45, 7) is 7.11. The summed E-state index contributed by atoms with van der Waals surface area (Å²) < 4.78 is 5.39. The van der Waals surface area contributed by atoms with Gasteiger partial charge in [-0.3, -0.25) is 9.63 Å². The molecule has 1 amide bonds. The number of para-hydroxylation sites is 1. The summed E-state index contributed by atoms with van der Waals surface area (Å²) in [5.41, 5.74) is 2.31. The molecule has 29 heavy (non-hydrogen) atoms. The van der Waals surface area contributed by atoms with Gasteiger partial charge in [-0.2, -0.15) is 0 Å². The van der Waals surface area contributed by atoms with E-state index >= 15 is 0 Å². The molecule has 2 atom stereocenters. The van der Waals surface area contributed by atoms with Gasteiger partial charge in [0.1, 0.15) is 12.4 Å². The molecule has 1 heterocycles. The quantitative estimate of drug-likeness (QED) is 0.634. The predicted molar refractivity (Wildman–Crippen MR) is 114 cm³/mol. The van der Waals surface area contributed by atoms with Gasteiger partial charge in [-0.25, -0.2) is 5.06 Å². The number of amides is 1. The van der Waals surface area contributed by atoms with E-state index in [1.807, 2.05) is 24.3 Å². The molecule has 156 valence electrons. The van der Waals surface area contributed by atoms with Crippen molar-refractivity contribution in [2.24, 2.45) is 5.92 Å². The van der Waals surface area contributed by atoms with Gasteiger partial charge in [-0.05, 0) is 30.4 Å². The molecular formula is C24H32N2O3. The Hall–Kier alpha value is -2.37. The van der Waals surface area contributed by atoms with Crippen LogP contribution in [-0.4, -0.2) is 48.7 Å². The highest BCUT2D eigenvalue weighted by Crippen LogP contribution is 2.25. The third-order valence-electron chi connectivity index (χ3n) is 5.67. The zero-order chi connectivity index (χ0) is 20.6. The van der Waals surface area contributed by atoms with Crippen molar-refractivity contribution >= 4 is 5.91 Å². The van der Waals surface area contributed by atoms with Gasteiger partial charge in [0.2, 0.25) is 5.91 Å². The first kappa shape index (κ1) is 21.3. The topological polar surface area (TPSA) is 42.0 Å². The standard InChI is InChI=1S/C24H32N2O3/c1-19-17-25(15-13-21-9-5-4-6-10-21)16-14-23(19)26(20(2)27)29-18-22-11-7-8-12-24(22)28-3/h4-12,19,23H,13-18H2,1-3H3/t19-,23+/m1/s1. The molecule has 2 aromatic rings. The molecule has 1 fully saturated rings. The van der Waals surface area contributed by atoms with Gasteiger partial charge in [-0.1, -0.05) is 55.5 Å². The van der Waals surface area contributed by atoms with E-state index in [1.54, 1.807) is 19.1 Å². The molecule has 1 aliphatic rings. The number of nitrogens with zero attached hydrogens (tertiary/aromatic N) is 2. The molecule has 3 rings (SSSR count). The third kappa shape index (κ3) is 5.81. The largest absolute Gasteiger partial charge is 0.496 e. The Morgan fingerprint density at radius 3 is 2.55 bits per heavy atom. The monoisotopic (exact) mass is 396 g/mol. The fraction of sp³-hybridized carbons (Fsp3) is 0.458. The lowest BCUT2D eigenvalue weighted by Gasteiger charge is -2.41. The Labute approximate surface area is 174 Å². The molecular weight excluding hydrogens is 364 g/mol. The molecule has 5 heteroatoms. The summed E-state index contributed by atoms with van der Waals surface area (Å²) in [6.07, 6.45) is 1.97. The van der Waals surface area contributed by atoms with Gasteiger partial charge >= 0.3 is 0 Å². The number of benzene rings is 2. The Bertz CT molecular complexity index is 781. The second kappa shape index (κ2) is 10.4. The molecule has 0 aliphatic carbocycles. The summed E-state index contributed by atoms with van der Waals surface area (Å²) in [5.74, 6) is 1.08. The molecule has 0 N–H and O–H groups in total. The van der Waals surface area contributed by atoms with Crippen molar-refractivity contribution in [3.8, 4) is 5.75 Å². The second-order valence-electron chi connectivity index (χ2n) is 7.80. The van der Waals surface area contributed by atoms with Gasteiger partial charge in [0.15, 0.2) is 0 Å². The molecule has 2 aromatic carbocycles. The minimum atomic E-state index is -0.0468. The Balaban J connectivity index is 1.55. The van der Waals surface area contributed by atoms with Gasteiger partial charge < -0.3 is 9.64 Å². The Kier molecular flexibility index (Phi) is 7.67. The highest BCUT2D eigenvalue weighted by molar-refractivity contribution is 5.72. The molecule has 1 saturated heterocycles. The summed E-state index contributed by atoms with van der Waals surface area (Å²) in [4.78, 5) is 20.8.